The van der Waals surface area contributed by atoms with Crippen LogP contribution in [0.15, 0.2) is 22.8 Å². The minimum absolute atomic E-state index is 0.331. The van der Waals surface area contributed by atoms with E-state index in [-0.39, 0.29) is 0 Å². The van der Waals surface area contributed by atoms with Gasteiger partial charge in [0.2, 0.25) is 0 Å². The molecule has 16 heavy (non-hydrogen) atoms. The Kier molecular flexibility index (Phi) is 3.70. The Labute approximate surface area is 98.4 Å². The standard InChI is InChI=1S/C14H23NO/c1-10-7-11(2)9-13(8-10)15-12(3)14-5-4-6-16-14/h4-6,10-13,15H,7-9H2,1-3H3. The van der Waals surface area contributed by atoms with Crippen LogP contribution in [0.4, 0.5) is 0 Å². The highest BCUT2D eigenvalue weighted by atomic mass is 16.3. The predicted octanol–water partition coefficient (Wildman–Crippen LogP) is 3.75. The van der Waals surface area contributed by atoms with Crippen LogP contribution < -0.4 is 5.32 Å². The van der Waals surface area contributed by atoms with Crippen LogP contribution in [0, 0.1) is 11.8 Å². The molecule has 1 aromatic rings. The second-order valence-electron chi connectivity index (χ2n) is 5.52. The summed E-state index contributed by atoms with van der Waals surface area (Å²) in [5, 5.41) is 3.69. The largest absolute Gasteiger partial charge is 0.468 e. The van der Waals surface area contributed by atoms with E-state index in [1.165, 1.54) is 19.3 Å². The van der Waals surface area contributed by atoms with Gasteiger partial charge in [0, 0.05) is 6.04 Å². The van der Waals surface area contributed by atoms with Crippen molar-refractivity contribution in [1.29, 1.82) is 0 Å². The summed E-state index contributed by atoms with van der Waals surface area (Å²) < 4.78 is 5.43. The highest BCUT2D eigenvalue weighted by molar-refractivity contribution is 5.03. The van der Waals surface area contributed by atoms with Crippen molar-refractivity contribution in [2.75, 3.05) is 0 Å². The Balaban J connectivity index is 1.89. The maximum Gasteiger partial charge on any atom is 0.120 e. The summed E-state index contributed by atoms with van der Waals surface area (Å²) in [7, 11) is 0. The van der Waals surface area contributed by atoms with Crippen LogP contribution >= 0.6 is 0 Å². The molecule has 2 rings (SSSR count). The molecular formula is C14H23NO. The predicted molar refractivity (Wildman–Crippen MR) is 66.2 cm³/mol. The molecule has 90 valence electrons. The van der Waals surface area contributed by atoms with Gasteiger partial charge in [0.15, 0.2) is 0 Å². The first-order valence-electron chi connectivity index (χ1n) is 6.44. The number of furan rings is 1. The van der Waals surface area contributed by atoms with Crippen molar-refractivity contribution in [3.63, 3.8) is 0 Å². The summed E-state index contributed by atoms with van der Waals surface area (Å²) in [6.45, 7) is 6.91. The van der Waals surface area contributed by atoms with Gasteiger partial charge in [0.1, 0.15) is 5.76 Å². The van der Waals surface area contributed by atoms with Crippen molar-refractivity contribution in [3.05, 3.63) is 24.2 Å². The van der Waals surface area contributed by atoms with Gasteiger partial charge in [0.25, 0.3) is 0 Å². The van der Waals surface area contributed by atoms with Crippen molar-refractivity contribution in [3.8, 4) is 0 Å². The van der Waals surface area contributed by atoms with Gasteiger partial charge in [-0.1, -0.05) is 13.8 Å². The van der Waals surface area contributed by atoms with Crippen LogP contribution in [0.3, 0.4) is 0 Å². The van der Waals surface area contributed by atoms with Gasteiger partial charge in [-0.05, 0) is 50.2 Å². The molecule has 1 fully saturated rings. The zero-order valence-corrected chi connectivity index (χ0v) is 10.6. The first kappa shape index (κ1) is 11.7. The van der Waals surface area contributed by atoms with E-state index < -0.39 is 0 Å². The Morgan fingerprint density at radius 1 is 1.25 bits per heavy atom. The van der Waals surface area contributed by atoms with Crippen LogP contribution in [0.5, 0.6) is 0 Å². The third-order valence-electron chi connectivity index (χ3n) is 3.63. The Morgan fingerprint density at radius 3 is 2.50 bits per heavy atom. The van der Waals surface area contributed by atoms with E-state index in [0.29, 0.717) is 12.1 Å². The lowest BCUT2D eigenvalue weighted by Crippen LogP contribution is -2.37. The number of hydrogen-bond acceptors (Lipinski definition) is 2. The first-order valence-corrected chi connectivity index (χ1v) is 6.44. The topological polar surface area (TPSA) is 25.2 Å². The van der Waals surface area contributed by atoms with Gasteiger partial charge >= 0.3 is 0 Å². The fourth-order valence-electron chi connectivity index (χ4n) is 3.06. The fraction of sp³-hybridized carbons (Fsp3) is 0.714. The molecule has 1 heterocycles. The molecule has 3 atom stereocenters. The molecule has 0 aromatic carbocycles. The van der Waals surface area contributed by atoms with E-state index in [1.54, 1.807) is 6.26 Å². The number of rotatable bonds is 3. The molecule has 0 spiro atoms. The van der Waals surface area contributed by atoms with Gasteiger partial charge in [-0.3, -0.25) is 0 Å². The second-order valence-corrected chi connectivity index (χ2v) is 5.52. The molecule has 0 amide bonds. The van der Waals surface area contributed by atoms with Gasteiger partial charge in [-0.25, -0.2) is 0 Å². The van der Waals surface area contributed by atoms with E-state index >= 15 is 0 Å². The highest BCUT2D eigenvalue weighted by Gasteiger charge is 2.25. The zero-order chi connectivity index (χ0) is 11.5. The molecule has 0 bridgehead atoms. The third kappa shape index (κ3) is 2.88. The molecule has 2 nitrogen and oxygen atoms in total. The summed E-state index contributed by atoms with van der Waals surface area (Å²) in [6.07, 6.45) is 5.73. The smallest absolute Gasteiger partial charge is 0.120 e. The van der Waals surface area contributed by atoms with Crippen molar-refractivity contribution >= 4 is 0 Å². The fourth-order valence-corrected chi connectivity index (χ4v) is 3.06. The molecule has 0 radical (unpaired) electrons. The quantitative estimate of drug-likeness (QED) is 0.840. The van der Waals surface area contributed by atoms with Crippen molar-refractivity contribution in [2.24, 2.45) is 11.8 Å². The Morgan fingerprint density at radius 2 is 1.94 bits per heavy atom. The highest BCUT2D eigenvalue weighted by Crippen LogP contribution is 2.29. The van der Waals surface area contributed by atoms with Gasteiger partial charge < -0.3 is 9.73 Å². The molecule has 1 aliphatic carbocycles. The van der Waals surface area contributed by atoms with Gasteiger partial charge in [0.05, 0.1) is 12.3 Å². The molecular weight excluding hydrogens is 198 g/mol. The summed E-state index contributed by atoms with van der Waals surface area (Å²) in [6, 6.07) is 4.99. The number of nitrogens with one attached hydrogen (secondary N) is 1. The van der Waals surface area contributed by atoms with E-state index in [4.69, 9.17) is 4.42 Å². The molecule has 2 heteroatoms. The average molecular weight is 221 g/mol. The first-order chi connectivity index (χ1) is 7.65. The van der Waals surface area contributed by atoms with E-state index in [1.807, 2.05) is 12.1 Å². The zero-order valence-electron chi connectivity index (χ0n) is 10.6. The molecule has 0 saturated heterocycles. The minimum Gasteiger partial charge on any atom is -0.468 e. The molecule has 3 unspecified atom stereocenters. The van der Waals surface area contributed by atoms with Gasteiger partial charge in [-0.15, -0.1) is 0 Å². The average Bonchev–Trinajstić information content (AvgIpc) is 2.68. The maximum absolute atomic E-state index is 5.43. The van der Waals surface area contributed by atoms with Gasteiger partial charge in [-0.2, -0.15) is 0 Å². The lowest BCUT2D eigenvalue weighted by Gasteiger charge is -2.33. The lowest BCUT2D eigenvalue weighted by atomic mass is 9.80. The van der Waals surface area contributed by atoms with E-state index in [2.05, 4.69) is 26.1 Å². The molecule has 1 aromatic heterocycles. The van der Waals surface area contributed by atoms with E-state index in [0.717, 1.165) is 17.6 Å². The summed E-state index contributed by atoms with van der Waals surface area (Å²) in [4.78, 5) is 0. The molecule has 1 aliphatic rings. The van der Waals surface area contributed by atoms with Crippen molar-refractivity contribution in [1.82, 2.24) is 5.32 Å². The SMILES string of the molecule is CC1CC(C)CC(NC(C)c2ccco2)C1. The second kappa shape index (κ2) is 5.05. The monoisotopic (exact) mass is 221 g/mol. The maximum atomic E-state index is 5.43. The van der Waals surface area contributed by atoms with Crippen molar-refractivity contribution in [2.45, 2.75) is 52.1 Å². The van der Waals surface area contributed by atoms with Crippen LogP contribution in [0.2, 0.25) is 0 Å². The van der Waals surface area contributed by atoms with Crippen molar-refractivity contribution < 1.29 is 4.42 Å². The lowest BCUT2D eigenvalue weighted by molar-refractivity contribution is 0.222. The summed E-state index contributed by atoms with van der Waals surface area (Å²) >= 11 is 0. The number of hydrogen-bond donors (Lipinski definition) is 1. The van der Waals surface area contributed by atoms with Crippen LogP contribution in [0.25, 0.3) is 0 Å². The van der Waals surface area contributed by atoms with Crippen LogP contribution in [0.1, 0.15) is 51.8 Å². The Bertz CT molecular complexity index is 297. The summed E-state index contributed by atoms with van der Waals surface area (Å²) in [5.74, 6) is 2.75. The Hall–Kier alpha value is -0.760. The summed E-state index contributed by atoms with van der Waals surface area (Å²) in [5.41, 5.74) is 0. The molecule has 0 aliphatic heterocycles. The van der Waals surface area contributed by atoms with Crippen LogP contribution in [-0.4, -0.2) is 6.04 Å². The molecule has 1 N–H and O–H groups in total. The molecule has 1 saturated carbocycles. The normalized spacial score (nSPS) is 32.6. The third-order valence-corrected chi connectivity index (χ3v) is 3.63. The van der Waals surface area contributed by atoms with Crippen LogP contribution in [-0.2, 0) is 0 Å². The van der Waals surface area contributed by atoms with E-state index in [9.17, 15) is 0 Å². The minimum atomic E-state index is 0.331.